The van der Waals surface area contributed by atoms with Crippen LogP contribution in [0.1, 0.15) is 54.9 Å². The van der Waals surface area contributed by atoms with E-state index in [1.807, 2.05) is 6.92 Å². The minimum Gasteiger partial charge on any atom is -0.327 e. The van der Waals surface area contributed by atoms with E-state index in [0.29, 0.717) is 44.0 Å². The van der Waals surface area contributed by atoms with E-state index in [4.69, 9.17) is 14.2 Å². The standard InChI is InChI=1S/C15H32O3/c1-8-15(16-9-12(2)3,17-10-13(4)5)18-11-14(6)7/h12-14H,8-11H2,1-7H3. The first-order valence-electron chi connectivity index (χ1n) is 7.23. The van der Waals surface area contributed by atoms with E-state index in [-0.39, 0.29) is 0 Å². The van der Waals surface area contributed by atoms with Gasteiger partial charge >= 0.3 is 0 Å². The van der Waals surface area contributed by atoms with Gasteiger partial charge in [0.1, 0.15) is 0 Å². The van der Waals surface area contributed by atoms with E-state index in [2.05, 4.69) is 41.5 Å². The molecule has 0 bridgehead atoms. The lowest BCUT2D eigenvalue weighted by molar-refractivity contribution is -0.388. The topological polar surface area (TPSA) is 27.7 Å². The zero-order chi connectivity index (χ0) is 14.2. The average molecular weight is 260 g/mol. The van der Waals surface area contributed by atoms with Gasteiger partial charge in [0.05, 0.1) is 19.8 Å². The van der Waals surface area contributed by atoms with Crippen LogP contribution in [0.3, 0.4) is 0 Å². The van der Waals surface area contributed by atoms with Crippen molar-refractivity contribution in [1.29, 1.82) is 0 Å². The maximum Gasteiger partial charge on any atom is 0.282 e. The Morgan fingerprint density at radius 2 is 0.944 bits per heavy atom. The monoisotopic (exact) mass is 260 g/mol. The van der Waals surface area contributed by atoms with E-state index < -0.39 is 5.97 Å². The van der Waals surface area contributed by atoms with Crippen molar-refractivity contribution in [3.63, 3.8) is 0 Å². The van der Waals surface area contributed by atoms with Gasteiger partial charge in [-0.05, 0) is 17.8 Å². The van der Waals surface area contributed by atoms with Gasteiger partial charge in [0.25, 0.3) is 5.97 Å². The van der Waals surface area contributed by atoms with Gasteiger partial charge < -0.3 is 14.2 Å². The van der Waals surface area contributed by atoms with Crippen LogP contribution in [0.4, 0.5) is 0 Å². The summed E-state index contributed by atoms with van der Waals surface area (Å²) in [5, 5.41) is 0. The first-order chi connectivity index (χ1) is 8.31. The lowest BCUT2D eigenvalue weighted by Crippen LogP contribution is -2.41. The van der Waals surface area contributed by atoms with Crippen LogP contribution >= 0.6 is 0 Å². The summed E-state index contributed by atoms with van der Waals surface area (Å²) in [6.45, 7) is 16.8. The third kappa shape index (κ3) is 8.06. The lowest BCUT2D eigenvalue weighted by atomic mass is 10.2. The Bertz CT molecular complexity index is 169. The van der Waals surface area contributed by atoms with E-state index in [1.54, 1.807) is 0 Å². The smallest absolute Gasteiger partial charge is 0.282 e. The minimum absolute atomic E-state index is 0.473. The molecule has 0 aliphatic rings. The van der Waals surface area contributed by atoms with Crippen molar-refractivity contribution in [2.45, 2.75) is 60.9 Å². The van der Waals surface area contributed by atoms with Gasteiger partial charge in [-0.2, -0.15) is 0 Å². The maximum absolute atomic E-state index is 5.90. The quantitative estimate of drug-likeness (QED) is 0.554. The second-order valence-corrected chi connectivity index (χ2v) is 6.15. The first kappa shape index (κ1) is 17.9. The summed E-state index contributed by atoms with van der Waals surface area (Å²) in [6.07, 6.45) is 0.708. The highest BCUT2D eigenvalue weighted by atomic mass is 16.9. The predicted molar refractivity (Wildman–Crippen MR) is 75.4 cm³/mol. The van der Waals surface area contributed by atoms with Crippen LogP contribution in [-0.4, -0.2) is 25.8 Å². The van der Waals surface area contributed by atoms with Gasteiger partial charge in [-0.25, -0.2) is 0 Å². The molecule has 0 aromatic heterocycles. The summed E-state index contributed by atoms with van der Waals surface area (Å²) < 4.78 is 17.7. The molecule has 0 radical (unpaired) electrons. The zero-order valence-corrected chi connectivity index (χ0v) is 13.3. The molecule has 0 aromatic rings. The van der Waals surface area contributed by atoms with Crippen LogP contribution in [0.15, 0.2) is 0 Å². The van der Waals surface area contributed by atoms with Gasteiger partial charge in [0, 0.05) is 6.42 Å². The molecule has 0 heterocycles. The van der Waals surface area contributed by atoms with E-state index in [9.17, 15) is 0 Å². The Hall–Kier alpha value is -0.120. The Balaban J connectivity index is 4.49. The summed E-state index contributed by atoms with van der Waals surface area (Å²) in [6, 6.07) is 0. The Morgan fingerprint density at radius 3 is 1.11 bits per heavy atom. The van der Waals surface area contributed by atoms with Crippen LogP contribution in [0.2, 0.25) is 0 Å². The third-order valence-electron chi connectivity index (χ3n) is 2.34. The number of ether oxygens (including phenoxy) is 3. The summed E-state index contributed by atoms with van der Waals surface area (Å²) in [4.78, 5) is 0. The van der Waals surface area contributed by atoms with Crippen molar-refractivity contribution >= 4 is 0 Å². The molecule has 0 unspecified atom stereocenters. The molecule has 0 fully saturated rings. The molecule has 0 amide bonds. The van der Waals surface area contributed by atoms with Gasteiger partial charge in [-0.3, -0.25) is 0 Å². The highest BCUT2D eigenvalue weighted by molar-refractivity contribution is 4.59. The van der Waals surface area contributed by atoms with Gasteiger partial charge in [-0.15, -0.1) is 0 Å². The largest absolute Gasteiger partial charge is 0.327 e. The van der Waals surface area contributed by atoms with Crippen LogP contribution < -0.4 is 0 Å². The van der Waals surface area contributed by atoms with Gasteiger partial charge in [0.2, 0.25) is 0 Å². The fraction of sp³-hybridized carbons (Fsp3) is 1.00. The molecule has 0 atom stereocenters. The second kappa shape index (κ2) is 8.89. The Labute approximate surface area is 113 Å². The molecule has 18 heavy (non-hydrogen) atoms. The molecule has 3 heteroatoms. The average Bonchev–Trinajstić information content (AvgIpc) is 2.28. The third-order valence-corrected chi connectivity index (χ3v) is 2.34. The fourth-order valence-electron chi connectivity index (χ4n) is 1.31. The molecule has 0 N–H and O–H groups in total. The maximum atomic E-state index is 5.90. The predicted octanol–water partition coefficient (Wildman–Crippen LogP) is 4.07. The van der Waals surface area contributed by atoms with Crippen molar-refractivity contribution in [3.8, 4) is 0 Å². The molecule has 0 aliphatic carbocycles. The summed E-state index contributed by atoms with van der Waals surface area (Å²) in [5.74, 6) is 0.558. The lowest BCUT2D eigenvalue weighted by Gasteiger charge is -2.34. The molecule has 0 spiro atoms. The highest BCUT2D eigenvalue weighted by Crippen LogP contribution is 2.23. The molecule has 3 nitrogen and oxygen atoms in total. The summed E-state index contributed by atoms with van der Waals surface area (Å²) in [7, 11) is 0. The molecule has 0 rings (SSSR count). The molecular weight excluding hydrogens is 228 g/mol. The Morgan fingerprint density at radius 1 is 0.667 bits per heavy atom. The molecule has 0 aromatic carbocycles. The first-order valence-corrected chi connectivity index (χ1v) is 7.23. The van der Waals surface area contributed by atoms with E-state index in [1.165, 1.54) is 0 Å². The van der Waals surface area contributed by atoms with E-state index in [0.717, 1.165) is 0 Å². The fourth-order valence-corrected chi connectivity index (χ4v) is 1.31. The van der Waals surface area contributed by atoms with Crippen molar-refractivity contribution in [2.24, 2.45) is 17.8 Å². The van der Waals surface area contributed by atoms with Crippen LogP contribution in [0.25, 0.3) is 0 Å². The SMILES string of the molecule is CCC(OCC(C)C)(OCC(C)C)OCC(C)C. The summed E-state index contributed by atoms with van der Waals surface area (Å²) in [5.41, 5.74) is 0. The molecule has 0 saturated carbocycles. The minimum atomic E-state index is -0.862. The zero-order valence-electron chi connectivity index (χ0n) is 13.3. The normalized spacial score (nSPS) is 13.0. The van der Waals surface area contributed by atoms with Crippen LogP contribution in [-0.2, 0) is 14.2 Å². The van der Waals surface area contributed by atoms with Crippen molar-refractivity contribution < 1.29 is 14.2 Å². The van der Waals surface area contributed by atoms with Crippen molar-refractivity contribution in [2.75, 3.05) is 19.8 Å². The van der Waals surface area contributed by atoms with Crippen molar-refractivity contribution in [3.05, 3.63) is 0 Å². The molecule has 0 saturated heterocycles. The molecular formula is C15H32O3. The Kier molecular flexibility index (Phi) is 8.83. The number of hydrogen-bond acceptors (Lipinski definition) is 3. The van der Waals surface area contributed by atoms with Gasteiger partial charge in [-0.1, -0.05) is 48.5 Å². The van der Waals surface area contributed by atoms with Crippen LogP contribution in [0, 0.1) is 17.8 Å². The summed E-state index contributed by atoms with van der Waals surface area (Å²) >= 11 is 0. The molecule has 110 valence electrons. The second-order valence-electron chi connectivity index (χ2n) is 6.15. The van der Waals surface area contributed by atoms with Gasteiger partial charge in [0.15, 0.2) is 0 Å². The number of rotatable bonds is 10. The molecule has 0 aliphatic heterocycles. The van der Waals surface area contributed by atoms with Crippen LogP contribution in [0.5, 0.6) is 0 Å². The number of hydrogen-bond donors (Lipinski definition) is 0. The van der Waals surface area contributed by atoms with E-state index >= 15 is 0 Å². The highest BCUT2D eigenvalue weighted by Gasteiger charge is 2.32. The van der Waals surface area contributed by atoms with Crippen molar-refractivity contribution in [1.82, 2.24) is 0 Å².